The zero-order chi connectivity index (χ0) is 14.7. The molecule has 0 radical (unpaired) electrons. The van der Waals surface area contributed by atoms with Gasteiger partial charge in [0.25, 0.3) is 0 Å². The zero-order valence-corrected chi connectivity index (χ0v) is 13.0. The van der Waals surface area contributed by atoms with Gasteiger partial charge in [-0.3, -0.25) is 9.88 Å². The van der Waals surface area contributed by atoms with E-state index < -0.39 is 0 Å². The SMILES string of the molecule is Cc1ccc(C)c(CN2CCCCC2c2cccnc2)c1. The van der Waals surface area contributed by atoms with Gasteiger partial charge >= 0.3 is 0 Å². The molecular formula is C19H24N2. The first kappa shape index (κ1) is 14.3. The van der Waals surface area contributed by atoms with E-state index in [1.165, 1.54) is 48.1 Å². The lowest BCUT2D eigenvalue weighted by molar-refractivity contribution is 0.140. The molecule has 3 rings (SSSR count). The Morgan fingerprint density at radius 3 is 2.90 bits per heavy atom. The monoisotopic (exact) mass is 280 g/mol. The normalized spacial score (nSPS) is 19.6. The fourth-order valence-electron chi connectivity index (χ4n) is 3.32. The zero-order valence-electron chi connectivity index (χ0n) is 13.0. The average Bonchev–Trinajstić information content (AvgIpc) is 2.52. The van der Waals surface area contributed by atoms with Gasteiger partial charge in [0, 0.05) is 25.0 Å². The average molecular weight is 280 g/mol. The molecule has 0 aliphatic carbocycles. The van der Waals surface area contributed by atoms with Crippen molar-refractivity contribution in [1.29, 1.82) is 0 Å². The van der Waals surface area contributed by atoms with Crippen molar-refractivity contribution in [2.45, 2.75) is 45.7 Å². The van der Waals surface area contributed by atoms with Gasteiger partial charge in [0.05, 0.1) is 0 Å². The summed E-state index contributed by atoms with van der Waals surface area (Å²) < 4.78 is 0. The number of piperidine rings is 1. The molecule has 1 aliphatic rings. The third-order valence-corrected chi connectivity index (χ3v) is 4.56. The summed E-state index contributed by atoms with van der Waals surface area (Å²) in [5, 5.41) is 0. The fraction of sp³-hybridized carbons (Fsp3) is 0.421. The third-order valence-electron chi connectivity index (χ3n) is 4.56. The van der Waals surface area contributed by atoms with Crippen LogP contribution in [0.25, 0.3) is 0 Å². The van der Waals surface area contributed by atoms with Gasteiger partial charge in [-0.2, -0.15) is 0 Å². The Morgan fingerprint density at radius 1 is 1.19 bits per heavy atom. The van der Waals surface area contributed by atoms with Crippen molar-refractivity contribution in [3.63, 3.8) is 0 Å². The quantitative estimate of drug-likeness (QED) is 0.827. The fourth-order valence-corrected chi connectivity index (χ4v) is 3.32. The summed E-state index contributed by atoms with van der Waals surface area (Å²) in [5.41, 5.74) is 5.58. The molecule has 1 atom stereocenters. The van der Waals surface area contributed by atoms with Crippen LogP contribution in [0, 0.1) is 13.8 Å². The van der Waals surface area contributed by atoms with E-state index in [1.807, 2.05) is 12.4 Å². The summed E-state index contributed by atoms with van der Waals surface area (Å²) in [6.45, 7) is 6.63. The van der Waals surface area contributed by atoms with Crippen molar-refractivity contribution < 1.29 is 0 Å². The van der Waals surface area contributed by atoms with Crippen LogP contribution in [-0.4, -0.2) is 16.4 Å². The van der Waals surface area contributed by atoms with Gasteiger partial charge in [-0.05, 0) is 56.0 Å². The van der Waals surface area contributed by atoms with Crippen LogP contribution in [0.4, 0.5) is 0 Å². The molecule has 2 aromatic rings. The summed E-state index contributed by atoms with van der Waals surface area (Å²) in [6, 6.07) is 11.6. The number of hydrogen-bond acceptors (Lipinski definition) is 2. The van der Waals surface area contributed by atoms with Crippen LogP contribution in [0.1, 0.15) is 47.6 Å². The molecule has 0 spiro atoms. The molecule has 0 bridgehead atoms. The van der Waals surface area contributed by atoms with Gasteiger partial charge in [0.15, 0.2) is 0 Å². The van der Waals surface area contributed by atoms with Crippen LogP contribution < -0.4 is 0 Å². The number of aromatic nitrogens is 1. The largest absolute Gasteiger partial charge is 0.292 e. The molecule has 2 nitrogen and oxygen atoms in total. The molecule has 1 aromatic carbocycles. The minimum Gasteiger partial charge on any atom is -0.292 e. The second-order valence-corrected chi connectivity index (χ2v) is 6.20. The van der Waals surface area contributed by atoms with Gasteiger partial charge in [0.2, 0.25) is 0 Å². The number of aryl methyl sites for hydroxylation is 2. The second-order valence-electron chi connectivity index (χ2n) is 6.20. The number of pyridine rings is 1. The Morgan fingerprint density at radius 2 is 2.10 bits per heavy atom. The van der Waals surface area contributed by atoms with Crippen LogP contribution in [0.15, 0.2) is 42.7 Å². The van der Waals surface area contributed by atoms with E-state index in [2.05, 4.69) is 54.1 Å². The van der Waals surface area contributed by atoms with Gasteiger partial charge in [-0.25, -0.2) is 0 Å². The maximum absolute atomic E-state index is 4.31. The van der Waals surface area contributed by atoms with Gasteiger partial charge < -0.3 is 0 Å². The number of hydrogen-bond donors (Lipinski definition) is 0. The van der Waals surface area contributed by atoms with Crippen molar-refractivity contribution in [2.24, 2.45) is 0 Å². The lowest BCUT2D eigenvalue weighted by Crippen LogP contribution is -2.33. The molecule has 110 valence electrons. The van der Waals surface area contributed by atoms with E-state index in [4.69, 9.17) is 0 Å². The maximum Gasteiger partial charge on any atom is 0.0366 e. The number of nitrogens with zero attached hydrogens (tertiary/aromatic N) is 2. The van der Waals surface area contributed by atoms with E-state index in [9.17, 15) is 0 Å². The summed E-state index contributed by atoms with van der Waals surface area (Å²) in [4.78, 5) is 6.93. The molecule has 2 heteroatoms. The summed E-state index contributed by atoms with van der Waals surface area (Å²) >= 11 is 0. The molecule has 0 amide bonds. The molecule has 2 heterocycles. The molecule has 1 saturated heterocycles. The van der Waals surface area contributed by atoms with Crippen LogP contribution in [0.2, 0.25) is 0 Å². The highest BCUT2D eigenvalue weighted by molar-refractivity contribution is 5.30. The van der Waals surface area contributed by atoms with Gasteiger partial charge in [0.1, 0.15) is 0 Å². The molecule has 21 heavy (non-hydrogen) atoms. The van der Waals surface area contributed by atoms with Crippen LogP contribution in [-0.2, 0) is 6.54 Å². The minimum absolute atomic E-state index is 0.521. The minimum atomic E-state index is 0.521. The maximum atomic E-state index is 4.31. The molecule has 1 aromatic heterocycles. The van der Waals surface area contributed by atoms with Crippen molar-refractivity contribution >= 4 is 0 Å². The Bertz CT molecular complexity index is 592. The predicted octanol–water partition coefficient (Wildman–Crippen LogP) is 4.43. The standard InChI is InChI=1S/C19H24N2/c1-15-8-9-16(2)18(12-15)14-21-11-4-3-7-19(21)17-6-5-10-20-13-17/h5-6,8-10,12-13,19H,3-4,7,11,14H2,1-2H3. The number of rotatable bonds is 3. The topological polar surface area (TPSA) is 16.1 Å². The molecule has 1 unspecified atom stereocenters. The van der Waals surface area contributed by atoms with Crippen LogP contribution in [0.5, 0.6) is 0 Å². The van der Waals surface area contributed by atoms with Crippen LogP contribution in [0.3, 0.4) is 0 Å². The Balaban J connectivity index is 1.83. The Hall–Kier alpha value is -1.67. The highest BCUT2D eigenvalue weighted by Gasteiger charge is 2.24. The van der Waals surface area contributed by atoms with Crippen molar-refractivity contribution in [3.05, 3.63) is 65.0 Å². The first-order valence-corrected chi connectivity index (χ1v) is 7.94. The molecule has 0 saturated carbocycles. The predicted molar refractivity (Wildman–Crippen MR) is 87.2 cm³/mol. The van der Waals surface area contributed by atoms with E-state index in [1.54, 1.807) is 0 Å². The molecular weight excluding hydrogens is 256 g/mol. The third kappa shape index (κ3) is 3.33. The number of benzene rings is 1. The molecule has 0 N–H and O–H groups in total. The Kier molecular flexibility index (Phi) is 4.35. The Labute approximate surface area is 127 Å². The second kappa shape index (κ2) is 6.40. The summed E-state index contributed by atoms with van der Waals surface area (Å²) in [5.74, 6) is 0. The lowest BCUT2D eigenvalue weighted by Gasteiger charge is -2.36. The van der Waals surface area contributed by atoms with E-state index >= 15 is 0 Å². The van der Waals surface area contributed by atoms with Gasteiger partial charge in [-0.1, -0.05) is 36.2 Å². The first-order chi connectivity index (χ1) is 10.2. The highest BCUT2D eigenvalue weighted by atomic mass is 15.2. The summed E-state index contributed by atoms with van der Waals surface area (Å²) in [6.07, 6.45) is 7.77. The smallest absolute Gasteiger partial charge is 0.0366 e. The lowest BCUT2D eigenvalue weighted by atomic mass is 9.95. The van der Waals surface area contributed by atoms with Crippen molar-refractivity contribution in [1.82, 2.24) is 9.88 Å². The van der Waals surface area contributed by atoms with E-state index in [0.29, 0.717) is 6.04 Å². The summed E-state index contributed by atoms with van der Waals surface area (Å²) in [7, 11) is 0. The van der Waals surface area contributed by atoms with E-state index in [0.717, 1.165) is 6.54 Å². The number of likely N-dealkylation sites (tertiary alicyclic amines) is 1. The molecule has 1 fully saturated rings. The highest BCUT2D eigenvalue weighted by Crippen LogP contribution is 2.32. The van der Waals surface area contributed by atoms with Crippen molar-refractivity contribution in [3.8, 4) is 0 Å². The van der Waals surface area contributed by atoms with Crippen molar-refractivity contribution in [2.75, 3.05) is 6.54 Å². The van der Waals surface area contributed by atoms with Gasteiger partial charge in [-0.15, -0.1) is 0 Å². The first-order valence-electron chi connectivity index (χ1n) is 7.94. The van der Waals surface area contributed by atoms with E-state index in [-0.39, 0.29) is 0 Å². The molecule has 1 aliphatic heterocycles. The van der Waals surface area contributed by atoms with Crippen LogP contribution >= 0.6 is 0 Å².